The van der Waals surface area contributed by atoms with Crippen molar-refractivity contribution in [1.82, 2.24) is 10.3 Å². The van der Waals surface area contributed by atoms with Crippen LogP contribution < -0.4 is 10.6 Å². The minimum atomic E-state index is 0. The first-order valence-corrected chi connectivity index (χ1v) is 6.68. The summed E-state index contributed by atoms with van der Waals surface area (Å²) in [7, 11) is 0. The van der Waals surface area contributed by atoms with Crippen molar-refractivity contribution in [2.45, 2.75) is 25.2 Å². The van der Waals surface area contributed by atoms with Crippen LogP contribution in [-0.2, 0) is 4.79 Å². The molecular formula is C11H16ClN3OS. The Labute approximate surface area is 111 Å². The molecule has 2 heterocycles. The number of nitrogens with one attached hydrogen (secondary N) is 2. The maximum atomic E-state index is 11.8. The molecule has 6 heteroatoms. The lowest BCUT2D eigenvalue weighted by atomic mass is 10.1. The van der Waals surface area contributed by atoms with Gasteiger partial charge in [-0.2, -0.15) is 0 Å². The van der Waals surface area contributed by atoms with Crippen LogP contribution in [-0.4, -0.2) is 24.0 Å². The topological polar surface area (TPSA) is 54.0 Å². The molecule has 4 nitrogen and oxygen atoms in total. The molecule has 0 bridgehead atoms. The van der Waals surface area contributed by atoms with Crippen molar-refractivity contribution < 1.29 is 4.79 Å². The molecule has 1 aliphatic heterocycles. The van der Waals surface area contributed by atoms with E-state index in [9.17, 15) is 4.79 Å². The standard InChI is InChI=1S/C11H15N3OS.ClH/c15-10(8-3-4-12-5-8)14-11-13-9(6-16-11)7-1-2-7;/h6-8,12H,1-5H2,(H,13,14,15);1H. The molecule has 1 saturated heterocycles. The van der Waals surface area contributed by atoms with Crippen molar-refractivity contribution in [1.29, 1.82) is 0 Å². The number of carbonyl (C=O) groups is 1. The van der Waals surface area contributed by atoms with Crippen LogP contribution >= 0.6 is 23.7 Å². The van der Waals surface area contributed by atoms with Gasteiger partial charge in [0.2, 0.25) is 5.91 Å². The molecule has 0 spiro atoms. The monoisotopic (exact) mass is 273 g/mol. The number of anilines is 1. The zero-order valence-electron chi connectivity index (χ0n) is 9.44. The Morgan fingerprint density at radius 1 is 1.47 bits per heavy atom. The lowest BCUT2D eigenvalue weighted by Gasteiger charge is -2.06. The number of rotatable bonds is 3. The first-order valence-electron chi connectivity index (χ1n) is 5.80. The molecule has 17 heavy (non-hydrogen) atoms. The summed E-state index contributed by atoms with van der Waals surface area (Å²) in [4.78, 5) is 16.3. The van der Waals surface area contributed by atoms with E-state index in [-0.39, 0.29) is 24.2 Å². The largest absolute Gasteiger partial charge is 0.316 e. The van der Waals surface area contributed by atoms with E-state index in [1.165, 1.54) is 12.8 Å². The molecule has 1 unspecified atom stereocenters. The summed E-state index contributed by atoms with van der Waals surface area (Å²) in [5.41, 5.74) is 1.16. The van der Waals surface area contributed by atoms with Crippen molar-refractivity contribution in [3.63, 3.8) is 0 Å². The maximum absolute atomic E-state index is 11.8. The van der Waals surface area contributed by atoms with Gasteiger partial charge in [0, 0.05) is 17.8 Å². The van der Waals surface area contributed by atoms with Gasteiger partial charge in [-0.3, -0.25) is 4.79 Å². The summed E-state index contributed by atoms with van der Waals surface area (Å²) in [6.45, 7) is 1.75. The maximum Gasteiger partial charge on any atom is 0.230 e. The number of thiazole rings is 1. The van der Waals surface area contributed by atoms with Gasteiger partial charge >= 0.3 is 0 Å². The van der Waals surface area contributed by atoms with Crippen LogP contribution in [0.3, 0.4) is 0 Å². The van der Waals surface area contributed by atoms with E-state index < -0.39 is 0 Å². The number of amides is 1. The van der Waals surface area contributed by atoms with Crippen LogP contribution in [0.25, 0.3) is 0 Å². The second kappa shape index (κ2) is 5.33. The zero-order chi connectivity index (χ0) is 11.0. The molecule has 0 radical (unpaired) electrons. The number of hydrogen-bond acceptors (Lipinski definition) is 4. The smallest absolute Gasteiger partial charge is 0.230 e. The second-order valence-electron chi connectivity index (χ2n) is 4.53. The minimum Gasteiger partial charge on any atom is -0.316 e. The highest BCUT2D eigenvalue weighted by Gasteiger charge is 2.27. The summed E-state index contributed by atoms with van der Waals surface area (Å²) in [5, 5.41) is 8.94. The third kappa shape index (κ3) is 2.97. The fourth-order valence-electron chi connectivity index (χ4n) is 2.00. The van der Waals surface area contributed by atoms with E-state index in [2.05, 4.69) is 21.0 Å². The van der Waals surface area contributed by atoms with Gasteiger partial charge in [-0.1, -0.05) is 0 Å². The third-order valence-electron chi connectivity index (χ3n) is 3.18. The molecule has 0 aromatic carbocycles. The summed E-state index contributed by atoms with van der Waals surface area (Å²) >= 11 is 1.54. The van der Waals surface area contributed by atoms with Crippen molar-refractivity contribution in [3.8, 4) is 0 Å². The fourth-order valence-corrected chi connectivity index (χ4v) is 2.79. The van der Waals surface area contributed by atoms with E-state index in [0.717, 1.165) is 30.3 Å². The normalized spacial score (nSPS) is 23.2. The summed E-state index contributed by atoms with van der Waals surface area (Å²) in [6, 6.07) is 0. The summed E-state index contributed by atoms with van der Waals surface area (Å²) in [6.07, 6.45) is 3.44. The first-order chi connectivity index (χ1) is 7.83. The van der Waals surface area contributed by atoms with E-state index in [1.54, 1.807) is 11.3 Å². The Morgan fingerprint density at radius 2 is 2.29 bits per heavy atom. The number of nitrogens with zero attached hydrogens (tertiary/aromatic N) is 1. The van der Waals surface area contributed by atoms with Crippen LogP contribution in [0.4, 0.5) is 5.13 Å². The van der Waals surface area contributed by atoms with Crippen LogP contribution in [0.5, 0.6) is 0 Å². The van der Waals surface area contributed by atoms with Crippen LogP contribution in [0.1, 0.15) is 30.9 Å². The van der Waals surface area contributed by atoms with Crippen molar-refractivity contribution >= 4 is 34.8 Å². The molecule has 1 aromatic rings. The van der Waals surface area contributed by atoms with Gasteiger partial charge in [-0.05, 0) is 25.8 Å². The Hall–Kier alpha value is -0.650. The average Bonchev–Trinajstić information content (AvgIpc) is 2.82. The predicted molar refractivity (Wildman–Crippen MR) is 70.9 cm³/mol. The number of aromatic nitrogens is 1. The molecule has 2 aliphatic rings. The van der Waals surface area contributed by atoms with Crippen molar-refractivity contribution in [3.05, 3.63) is 11.1 Å². The Balaban J connectivity index is 0.00000108. The quantitative estimate of drug-likeness (QED) is 0.886. The number of hydrogen-bond donors (Lipinski definition) is 2. The molecule has 1 aliphatic carbocycles. The van der Waals surface area contributed by atoms with Gasteiger partial charge in [0.05, 0.1) is 11.6 Å². The van der Waals surface area contributed by atoms with Gasteiger partial charge in [-0.15, -0.1) is 23.7 Å². The van der Waals surface area contributed by atoms with Crippen molar-refractivity contribution in [2.75, 3.05) is 18.4 Å². The second-order valence-corrected chi connectivity index (χ2v) is 5.39. The molecule has 2 N–H and O–H groups in total. The molecule has 1 aromatic heterocycles. The lowest BCUT2D eigenvalue weighted by Crippen LogP contribution is -2.24. The van der Waals surface area contributed by atoms with Gasteiger partial charge in [0.15, 0.2) is 5.13 Å². The molecule has 1 atom stereocenters. The Morgan fingerprint density at radius 3 is 2.94 bits per heavy atom. The van der Waals surface area contributed by atoms with Crippen LogP contribution in [0, 0.1) is 5.92 Å². The molecule has 1 saturated carbocycles. The highest BCUT2D eigenvalue weighted by molar-refractivity contribution is 7.13. The molecule has 94 valence electrons. The third-order valence-corrected chi connectivity index (χ3v) is 3.95. The average molecular weight is 274 g/mol. The van der Waals surface area contributed by atoms with E-state index in [1.807, 2.05) is 0 Å². The van der Waals surface area contributed by atoms with Crippen molar-refractivity contribution in [2.24, 2.45) is 5.92 Å². The minimum absolute atomic E-state index is 0. The molecule has 2 fully saturated rings. The van der Waals surface area contributed by atoms with E-state index in [4.69, 9.17) is 0 Å². The van der Waals surface area contributed by atoms with Gasteiger partial charge in [0.25, 0.3) is 0 Å². The SMILES string of the molecule is Cl.O=C(Nc1nc(C2CC2)cs1)C1CCNC1. The highest BCUT2D eigenvalue weighted by Crippen LogP contribution is 2.40. The lowest BCUT2D eigenvalue weighted by molar-refractivity contribution is -0.119. The molecular weight excluding hydrogens is 258 g/mol. The first kappa shape index (κ1) is 12.8. The van der Waals surface area contributed by atoms with Gasteiger partial charge in [-0.25, -0.2) is 4.98 Å². The number of halogens is 1. The highest BCUT2D eigenvalue weighted by atomic mass is 35.5. The van der Waals surface area contributed by atoms with Gasteiger partial charge < -0.3 is 10.6 Å². The predicted octanol–water partition coefficient (Wildman–Crippen LogP) is 1.99. The molecule has 1 amide bonds. The van der Waals surface area contributed by atoms with Crippen LogP contribution in [0.15, 0.2) is 5.38 Å². The summed E-state index contributed by atoms with van der Waals surface area (Å²) in [5.74, 6) is 0.894. The van der Waals surface area contributed by atoms with Gasteiger partial charge in [0.1, 0.15) is 0 Å². The fraction of sp³-hybridized carbons (Fsp3) is 0.636. The Kier molecular flexibility index (Phi) is 4.01. The van der Waals surface area contributed by atoms with E-state index >= 15 is 0 Å². The summed E-state index contributed by atoms with van der Waals surface area (Å²) < 4.78 is 0. The molecule has 3 rings (SSSR count). The van der Waals surface area contributed by atoms with Crippen LogP contribution in [0.2, 0.25) is 0 Å². The number of carbonyl (C=O) groups excluding carboxylic acids is 1. The zero-order valence-corrected chi connectivity index (χ0v) is 11.1. The Bertz CT molecular complexity index is 399. The van der Waals surface area contributed by atoms with E-state index in [0.29, 0.717) is 5.92 Å².